The minimum Gasteiger partial charge on any atom is -0.423 e. The number of nitrogens with zero attached hydrogens (tertiary/aromatic N) is 3. The highest BCUT2D eigenvalue weighted by atomic mass is 19.1. The Bertz CT molecular complexity index is 623. The van der Waals surface area contributed by atoms with Crippen LogP contribution in [-0.2, 0) is 13.6 Å². The molecule has 0 fully saturated rings. The third-order valence-electron chi connectivity index (χ3n) is 2.59. The van der Waals surface area contributed by atoms with Crippen molar-refractivity contribution in [2.24, 2.45) is 7.05 Å². The molecule has 2 rings (SSSR count). The van der Waals surface area contributed by atoms with E-state index in [0.29, 0.717) is 5.56 Å². The first-order valence-electron chi connectivity index (χ1n) is 5.22. The molecule has 0 aliphatic carbocycles. The third kappa shape index (κ3) is 2.34. The fourth-order valence-corrected chi connectivity index (χ4v) is 1.64. The van der Waals surface area contributed by atoms with Crippen molar-refractivity contribution >= 4 is 12.6 Å². The van der Waals surface area contributed by atoms with Crippen molar-refractivity contribution in [3.8, 4) is 0 Å². The highest BCUT2D eigenvalue weighted by Crippen LogP contribution is 2.02. The summed E-state index contributed by atoms with van der Waals surface area (Å²) in [6.45, 7) is 0.0485. The van der Waals surface area contributed by atoms with Crippen LogP contribution in [0.4, 0.5) is 4.39 Å². The van der Waals surface area contributed by atoms with Crippen molar-refractivity contribution in [2.45, 2.75) is 6.54 Å². The molecule has 1 aromatic heterocycles. The standard InChI is InChI=1S/C10H11BFN3O3/c1-14-6-13-15(10(14)16)5-7-2-3-8(12)4-9(7)11(17)18/h2-4,6,17-18H,5H2,1H3. The molecule has 0 aliphatic rings. The van der Waals surface area contributed by atoms with Crippen LogP contribution in [0.2, 0.25) is 0 Å². The summed E-state index contributed by atoms with van der Waals surface area (Å²) in [5.41, 5.74) is 0.109. The zero-order valence-electron chi connectivity index (χ0n) is 9.62. The average molecular weight is 251 g/mol. The molecule has 2 N–H and O–H groups in total. The van der Waals surface area contributed by atoms with Gasteiger partial charge in [0.2, 0.25) is 0 Å². The molecule has 1 heterocycles. The van der Waals surface area contributed by atoms with Gasteiger partial charge in [-0.2, -0.15) is 5.10 Å². The van der Waals surface area contributed by atoms with Gasteiger partial charge >= 0.3 is 12.8 Å². The fraction of sp³-hybridized carbons (Fsp3) is 0.200. The van der Waals surface area contributed by atoms with Crippen LogP contribution in [-0.4, -0.2) is 31.5 Å². The SMILES string of the molecule is Cn1cnn(Cc2ccc(F)cc2B(O)O)c1=O. The van der Waals surface area contributed by atoms with Crippen LogP contribution in [0.1, 0.15) is 5.56 Å². The van der Waals surface area contributed by atoms with Gasteiger partial charge in [0.25, 0.3) is 0 Å². The molecule has 0 amide bonds. The van der Waals surface area contributed by atoms with Gasteiger partial charge in [-0.3, -0.25) is 4.57 Å². The van der Waals surface area contributed by atoms with Crippen molar-refractivity contribution in [3.63, 3.8) is 0 Å². The summed E-state index contributed by atoms with van der Waals surface area (Å²) in [4.78, 5) is 11.6. The quantitative estimate of drug-likeness (QED) is 0.647. The summed E-state index contributed by atoms with van der Waals surface area (Å²) < 4.78 is 15.5. The maximum absolute atomic E-state index is 13.0. The second-order valence-corrected chi connectivity index (χ2v) is 3.90. The van der Waals surface area contributed by atoms with Crippen LogP contribution >= 0.6 is 0 Å². The molecule has 0 saturated heterocycles. The lowest BCUT2D eigenvalue weighted by Gasteiger charge is -2.08. The van der Waals surface area contributed by atoms with E-state index in [4.69, 9.17) is 10.0 Å². The van der Waals surface area contributed by atoms with E-state index in [9.17, 15) is 9.18 Å². The van der Waals surface area contributed by atoms with Crippen LogP contribution in [0.3, 0.4) is 0 Å². The molecule has 94 valence electrons. The molecule has 0 radical (unpaired) electrons. The van der Waals surface area contributed by atoms with E-state index < -0.39 is 12.9 Å². The van der Waals surface area contributed by atoms with Gasteiger partial charge in [-0.15, -0.1) is 0 Å². The van der Waals surface area contributed by atoms with E-state index in [1.54, 1.807) is 7.05 Å². The van der Waals surface area contributed by atoms with E-state index in [0.717, 1.165) is 10.7 Å². The zero-order valence-corrected chi connectivity index (χ0v) is 9.62. The van der Waals surface area contributed by atoms with Gasteiger partial charge in [0.15, 0.2) is 0 Å². The second kappa shape index (κ2) is 4.75. The largest absolute Gasteiger partial charge is 0.488 e. The lowest BCUT2D eigenvalue weighted by Crippen LogP contribution is -2.35. The summed E-state index contributed by atoms with van der Waals surface area (Å²) in [7, 11) is -0.242. The lowest BCUT2D eigenvalue weighted by atomic mass is 9.77. The minimum atomic E-state index is -1.80. The third-order valence-corrected chi connectivity index (χ3v) is 2.59. The number of hydrogen-bond donors (Lipinski definition) is 2. The number of rotatable bonds is 3. The summed E-state index contributed by atoms with van der Waals surface area (Å²) >= 11 is 0. The number of halogens is 1. The highest BCUT2D eigenvalue weighted by molar-refractivity contribution is 6.59. The Labute approximate surface area is 102 Å². The first-order chi connectivity index (χ1) is 8.49. The van der Waals surface area contributed by atoms with Crippen molar-refractivity contribution in [2.75, 3.05) is 0 Å². The Morgan fingerprint density at radius 2 is 2.17 bits per heavy atom. The number of benzene rings is 1. The van der Waals surface area contributed by atoms with Gasteiger partial charge in [0.1, 0.15) is 12.1 Å². The normalized spacial score (nSPS) is 10.7. The van der Waals surface area contributed by atoms with Crippen LogP contribution < -0.4 is 11.2 Å². The van der Waals surface area contributed by atoms with Crippen LogP contribution in [0.25, 0.3) is 0 Å². The molecule has 0 spiro atoms. The van der Waals surface area contributed by atoms with Crippen molar-refractivity contribution in [1.29, 1.82) is 0 Å². The maximum atomic E-state index is 13.0. The van der Waals surface area contributed by atoms with Crippen LogP contribution in [0.5, 0.6) is 0 Å². The zero-order chi connectivity index (χ0) is 13.3. The summed E-state index contributed by atoms with van der Waals surface area (Å²) in [5, 5.41) is 22.2. The van der Waals surface area contributed by atoms with E-state index in [-0.39, 0.29) is 17.7 Å². The van der Waals surface area contributed by atoms with Gasteiger partial charge < -0.3 is 10.0 Å². The number of aryl methyl sites for hydroxylation is 1. The molecule has 8 heteroatoms. The molecule has 0 bridgehead atoms. The average Bonchev–Trinajstić information content (AvgIpc) is 2.63. The summed E-state index contributed by atoms with van der Waals surface area (Å²) in [5.74, 6) is -0.574. The molecule has 0 aliphatic heterocycles. The Balaban J connectivity index is 2.40. The lowest BCUT2D eigenvalue weighted by molar-refractivity contribution is 0.424. The first-order valence-corrected chi connectivity index (χ1v) is 5.22. The molecule has 0 unspecified atom stereocenters. The van der Waals surface area contributed by atoms with Gasteiger partial charge in [0, 0.05) is 7.05 Å². The molecule has 1 aromatic carbocycles. The predicted octanol–water partition coefficient (Wildman–Crippen LogP) is -1.55. The predicted molar refractivity (Wildman–Crippen MR) is 62.8 cm³/mol. The minimum absolute atomic E-state index is 0.0209. The molecular weight excluding hydrogens is 240 g/mol. The molecule has 0 saturated carbocycles. The van der Waals surface area contributed by atoms with E-state index in [2.05, 4.69) is 5.10 Å². The van der Waals surface area contributed by atoms with Crippen molar-refractivity contribution in [1.82, 2.24) is 14.3 Å². The Morgan fingerprint density at radius 1 is 1.44 bits per heavy atom. The number of aromatic nitrogens is 3. The maximum Gasteiger partial charge on any atom is 0.488 e. The Morgan fingerprint density at radius 3 is 2.72 bits per heavy atom. The molecule has 18 heavy (non-hydrogen) atoms. The smallest absolute Gasteiger partial charge is 0.423 e. The van der Waals surface area contributed by atoms with E-state index in [1.165, 1.54) is 23.0 Å². The molecular formula is C10H11BFN3O3. The van der Waals surface area contributed by atoms with E-state index in [1.807, 2.05) is 0 Å². The second-order valence-electron chi connectivity index (χ2n) is 3.90. The van der Waals surface area contributed by atoms with Gasteiger partial charge in [-0.25, -0.2) is 13.9 Å². The first kappa shape index (κ1) is 12.5. The molecule has 0 atom stereocenters. The van der Waals surface area contributed by atoms with Crippen molar-refractivity contribution in [3.05, 3.63) is 46.4 Å². The highest BCUT2D eigenvalue weighted by Gasteiger charge is 2.17. The topological polar surface area (TPSA) is 80.3 Å². The fourth-order valence-electron chi connectivity index (χ4n) is 1.64. The van der Waals surface area contributed by atoms with Gasteiger partial charge in [-0.05, 0) is 23.2 Å². The monoisotopic (exact) mass is 251 g/mol. The van der Waals surface area contributed by atoms with Gasteiger partial charge in [0.05, 0.1) is 6.54 Å². The van der Waals surface area contributed by atoms with Crippen LogP contribution in [0, 0.1) is 5.82 Å². The number of hydrogen-bond acceptors (Lipinski definition) is 4. The molecule has 2 aromatic rings. The summed E-state index contributed by atoms with van der Waals surface area (Å²) in [6.07, 6.45) is 1.35. The van der Waals surface area contributed by atoms with Crippen molar-refractivity contribution < 1.29 is 14.4 Å². The van der Waals surface area contributed by atoms with Crippen LogP contribution in [0.15, 0.2) is 29.3 Å². The van der Waals surface area contributed by atoms with Gasteiger partial charge in [-0.1, -0.05) is 6.07 Å². The molecule has 6 nitrogen and oxygen atoms in total. The Kier molecular flexibility index (Phi) is 3.31. The van der Waals surface area contributed by atoms with E-state index >= 15 is 0 Å². The summed E-state index contributed by atoms with van der Waals surface area (Å²) in [6, 6.07) is 3.61. The Hall–Kier alpha value is -1.93.